The summed E-state index contributed by atoms with van der Waals surface area (Å²) in [7, 11) is 0. The van der Waals surface area contributed by atoms with Crippen LogP contribution in [0.4, 0.5) is 0 Å². The van der Waals surface area contributed by atoms with Gasteiger partial charge in [0.2, 0.25) is 0 Å². The third kappa shape index (κ3) is 2.68. The second kappa shape index (κ2) is 5.50. The van der Waals surface area contributed by atoms with Crippen molar-refractivity contribution in [3.05, 3.63) is 31.1 Å². The van der Waals surface area contributed by atoms with E-state index in [-0.39, 0.29) is 24.8 Å². The molecule has 2 rings (SSSR count). The van der Waals surface area contributed by atoms with Crippen LogP contribution in [0.3, 0.4) is 0 Å². The summed E-state index contributed by atoms with van der Waals surface area (Å²) in [5.41, 5.74) is 1.70. The number of nitrogens with zero attached hydrogens (tertiary/aromatic N) is 3. The van der Waals surface area contributed by atoms with E-state index in [0.717, 1.165) is 11.4 Å². The summed E-state index contributed by atoms with van der Waals surface area (Å²) in [5, 5.41) is 0. The molecule has 4 nitrogen and oxygen atoms in total. The van der Waals surface area contributed by atoms with Crippen LogP contribution in [0.5, 0.6) is 0 Å². The molecule has 70 valence electrons. The van der Waals surface area contributed by atoms with E-state index in [1.807, 2.05) is 0 Å². The number of nitrogens with one attached hydrogen (secondary N) is 1. The fourth-order valence-electron chi connectivity index (χ4n) is 0.834. The molecule has 0 aliphatic rings. The highest BCUT2D eigenvalue weighted by Gasteiger charge is 1.96. The normalized spacial score (nSPS) is 8.31. The lowest BCUT2D eigenvalue weighted by atomic mass is 10.3. The Kier molecular flexibility index (Phi) is 5.03. The quantitative estimate of drug-likeness (QED) is 0.794. The van der Waals surface area contributed by atoms with Crippen molar-refractivity contribution in [3.63, 3.8) is 0 Å². The molecular weight excluding hydrogens is 211 g/mol. The summed E-state index contributed by atoms with van der Waals surface area (Å²) in [6, 6.07) is 0. The minimum atomic E-state index is 0. The molecule has 0 saturated heterocycles. The molecule has 0 aliphatic heterocycles. The van der Waals surface area contributed by atoms with Crippen molar-refractivity contribution in [3.8, 4) is 11.4 Å². The molecule has 2 heterocycles. The van der Waals surface area contributed by atoms with E-state index in [0.29, 0.717) is 0 Å². The summed E-state index contributed by atoms with van der Waals surface area (Å²) < 4.78 is 0. The summed E-state index contributed by atoms with van der Waals surface area (Å²) in [4.78, 5) is 14.8. The van der Waals surface area contributed by atoms with Crippen LogP contribution in [-0.2, 0) is 0 Å². The Labute approximate surface area is 87.7 Å². The molecule has 0 bridgehead atoms. The maximum Gasteiger partial charge on any atom is 0.106 e. The highest BCUT2D eigenvalue weighted by molar-refractivity contribution is 5.85. The average Bonchev–Trinajstić information content (AvgIpc) is 2.58. The van der Waals surface area contributed by atoms with Gasteiger partial charge in [0, 0.05) is 12.4 Å². The Morgan fingerprint density at radius 2 is 1.85 bits per heavy atom. The SMILES string of the molecule is Cl.Cl.c1cnc(-c2cnc[nH]2)cn1. The van der Waals surface area contributed by atoms with Crippen LogP contribution < -0.4 is 0 Å². The number of hydrogen-bond acceptors (Lipinski definition) is 3. The van der Waals surface area contributed by atoms with Gasteiger partial charge in [-0.3, -0.25) is 9.97 Å². The minimum Gasteiger partial charge on any atom is -0.343 e. The van der Waals surface area contributed by atoms with E-state index in [9.17, 15) is 0 Å². The smallest absolute Gasteiger partial charge is 0.106 e. The van der Waals surface area contributed by atoms with Gasteiger partial charge in [-0.15, -0.1) is 24.8 Å². The van der Waals surface area contributed by atoms with E-state index in [2.05, 4.69) is 19.9 Å². The first-order valence-electron chi connectivity index (χ1n) is 3.21. The van der Waals surface area contributed by atoms with Gasteiger partial charge in [-0.25, -0.2) is 4.98 Å². The highest BCUT2D eigenvalue weighted by Crippen LogP contribution is 2.08. The maximum absolute atomic E-state index is 4.09. The van der Waals surface area contributed by atoms with Crippen molar-refractivity contribution in [2.24, 2.45) is 0 Å². The van der Waals surface area contributed by atoms with Crippen molar-refractivity contribution in [1.82, 2.24) is 19.9 Å². The fraction of sp³-hybridized carbons (Fsp3) is 0. The van der Waals surface area contributed by atoms with Gasteiger partial charge >= 0.3 is 0 Å². The zero-order chi connectivity index (χ0) is 7.52. The Morgan fingerprint density at radius 1 is 1.00 bits per heavy atom. The molecule has 2 aromatic rings. The molecule has 0 amide bonds. The molecule has 0 aliphatic carbocycles. The van der Waals surface area contributed by atoms with Gasteiger partial charge in [-0.05, 0) is 0 Å². The molecule has 6 heteroatoms. The third-order valence-electron chi connectivity index (χ3n) is 1.34. The first-order chi connectivity index (χ1) is 5.47. The maximum atomic E-state index is 4.09. The van der Waals surface area contributed by atoms with Crippen LogP contribution in [0.1, 0.15) is 0 Å². The molecule has 0 aromatic carbocycles. The number of rotatable bonds is 1. The Hall–Kier alpha value is -1.13. The van der Waals surface area contributed by atoms with Crippen LogP contribution in [-0.4, -0.2) is 19.9 Å². The summed E-state index contributed by atoms with van der Waals surface area (Å²) in [6.07, 6.45) is 8.30. The number of hydrogen-bond donors (Lipinski definition) is 1. The lowest BCUT2D eigenvalue weighted by Crippen LogP contribution is -1.82. The van der Waals surface area contributed by atoms with E-state index in [1.54, 1.807) is 31.1 Å². The molecule has 0 fully saturated rings. The van der Waals surface area contributed by atoms with Gasteiger partial charge < -0.3 is 4.98 Å². The van der Waals surface area contributed by atoms with Crippen LogP contribution in [0.2, 0.25) is 0 Å². The van der Waals surface area contributed by atoms with Crippen molar-refractivity contribution < 1.29 is 0 Å². The van der Waals surface area contributed by atoms with Gasteiger partial charge in [0.1, 0.15) is 5.69 Å². The van der Waals surface area contributed by atoms with E-state index < -0.39 is 0 Å². The lowest BCUT2D eigenvalue weighted by molar-refractivity contribution is 1.19. The number of aromatic amines is 1. The van der Waals surface area contributed by atoms with Gasteiger partial charge in [0.05, 0.1) is 24.4 Å². The third-order valence-corrected chi connectivity index (χ3v) is 1.34. The standard InChI is InChI=1S/C7H6N4.2ClH/c1-2-10-6(3-8-1)7-4-9-5-11-7;;/h1-5H,(H,9,11);2*1H. The predicted molar refractivity (Wildman–Crippen MR) is 54.1 cm³/mol. The minimum absolute atomic E-state index is 0. The number of halogens is 2. The number of H-pyrrole nitrogens is 1. The van der Waals surface area contributed by atoms with Crippen molar-refractivity contribution in [2.75, 3.05) is 0 Å². The van der Waals surface area contributed by atoms with Gasteiger partial charge in [-0.2, -0.15) is 0 Å². The number of imidazole rings is 1. The molecule has 2 aromatic heterocycles. The second-order valence-corrected chi connectivity index (χ2v) is 2.06. The summed E-state index contributed by atoms with van der Waals surface area (Å²) in [5.74, 6) is 0. The molecule has 0 radical (unpaired) electrons. The second-order valence-electron chi connectivity index (χ2n) is 2.06. The Balaban J connectivity index is 0.000000720. The average molecular weight is 219 g/mol. The van der Waals surface area contributed by atoms with Crippen LogP contribution in [0.25, 0.3) is 11.4 Å². The Bertz CT molecular complexity index is 321. The lowest BCUT2D eigenvalue weighted by Gasteiger charge is -1.91. The molecule has 0 unspecified atom stereocenters. The van der Waals surface area contributed by atoms with Crippen molar-refractivity contribution in [2.45, 2.75) is 0 Å². The Morgan fingerprint density at radius 3 is 2.38 bits per heavy atom. The van der Waals surface area contributed by atoms with E-state index >= 15 is 0 Å². The molecule has 13 heavy (non-hydrogen) atoms. The first-order valence-corrected chi connectivity index (χ1v) is 3.21. The van der Waals surface area contributed by atoms with Gasteiger partial charge in [0.15, 0.2) is 0 Å². The topological polar surface area (TPSA) is 54.5 Å². The molecule has 1 N–H and O–H groups in total. The zero-order valence-corrected chi connectivity index (χ0v) is 8.18. The van der Waals surface area contributed by atoms with Crippen molar-refractivity contribution >= 4 is 24.8 Å². The van der Waals surface area contributed by atoms with Crippen molar-refractivity contribution in [1.29, 1.82) is 0 Å². The van der Waals surface area contributed by atoms with Crippen LogP contribution in [0.15, 0.2) is 31.1 Å². The first kappa shape index (κ1) is 11.9. The largest absolute Gasteiger partial charge is 0.343 e. The molecule has 0 saturated carbocycles. The van der Waals surface area contributed by atoms with E-state index in [4.69, 9.17) is 0 Å². The zero-order valence-electron chi connectivity index (χ0n) is 6.54. The molecule has 0 spiro atoms. The summed E-state index contributed by atoms with van der Waals surface area (Å²) >= 11 is 0. The molecule has 0 atom stereocenters. The molecular formula is C7H8Cl2N4. The predicted octanol–water partition coefficient (Wildman–Crippen LogP) is 1.71. The fourth-order valence-corrected chi connectivity index (χ4v) is 0.834. The monoisotopic (exact) mass is 218 g/mol. The highest BCUT2D eigenvalue weighted by atomic mass is 35.5. The summed E-state index contributed by atoms with van der Waals surface area (Å²) in [6.45, 7) is 0. The van der Waals surface area contributed by atoms with Crippen LogP contribution >= 0.6 is 24.8 Å². The van der Waals surface area contributed by atoms with E-state index in [1.165, 1.54) is 0 Å². The number of aromatic nitrogens is 4. The van der Waals surface area contributed by atoms with Gasteiger partial charge in [0.25, 0.3) is 0 Å². The van der Waals surface area contributed by atoms with Gasteiger partial charge in [-0.1, -0.05) is 0 Å². The van der Waals surface area contributed by atoms with Crippen LogP contribution in [0, 0.1) is 0 Å².